The Kier molecular flexibility index (Phi) is 3.97. The molecule has 0 saturated heterocycles. The van der Waals surface area contributed by atoms with Crippen molar-refractivity contribution in [3.05, 3.63) is 24.3 Å². The Morgan fingerprint density at radius 3 is 2.33 bits per heavy atom. The second-order valence-electron chi connectivity index (χ2n) is 3.12. The van der Waals surface area contributed by atoms with Gasteiger partial charge in [-0.05, 0) is 31.2 Å². The normalized spacial score (nSPS) is 11.7. The summed E-state index contributed by atoms with van der Waals surface area (Å²) in [6.45, 7) is 1.75. The van der Waals surface area contributed by atoms with Gasteiger partial charge in [-0.1, -0.05) is 0 Å². The van der Waals surface area contributed by atoms with E-state index < -0.39 is 0 Å². The first-order valence-electron chi connectivity index (χ1n) is 4.65. The number of esters is 1. The smallest absolute Gasteiger partial charge is 0.327 e. The van der Waals surface area contributed by atoms with Crippen LogP contribution in [0.15, 0.2) is 24.3 Å². The van der Waals surface area contributed by atoms with Gasteiger partial charge in [-0.25, -0.2) is 4.79 Å². The molecule has 4 nitrogen and oxygen atoms in total. The van der Waals surface area contributed by atoms with Crippen LogP contribution in [-0.2, 0) is 9.53 Å². The summed E-state index contributed by atoms with van der Waals surface area (Å²) in [6.07, 6.45) is 0. The van der Waals surface area contributed by atoms with Crippen LogP contribution < -0.4 is 10.1 Å². The van der Waals surface area contributed by atoms with E-state index in [0.29, 0.717) is 0 Å². The van der Waals surface area contributed by atoms with E-state index in [-0.39, 0.29) is 12.0 Å². The van der Waals surface area contributed by atoms with E-state index >= 15 is 0 Å². The first-order valence-corrected chi connectivity index (χ1v) is 4.65. The number of methoxy groups -OCH3 is 2. The van der Waals surface area contributed by atoms with E-state index in [9.17, 15) is 4.79 Å². The number of hydrogen-bond donors (Lipinski definition) is 1. The fourth-order valence-electron chi connectivity index (χ4n) is 1.17. The van der Waals surface area contributed by atoms with E-state index in [1.54, 1.807) is 14.0 Å². The van der Waals surface area contributed by atoms with Crippen LogP contribution in [0.5, 0.6) is 5.75 Å². The Balaban J connectivity index is 2.60. The van der Waals surface area contributed by atoms with Crippen molar-refractivity contribution in [2.24, 2.45) is 0 Å². The lowest BCUT2D eigenvalue weighted by Gasteiger charge is -2.12. The minimum absolute atomic E-state index is 0.286. The van der Waals surface area contributed by atoms with E-state index in [1.807, 2.05) is 24.3 Å². The summed E-state index contributed by atoms with van der Waals surface area (Å²) < 4.78 is 9.63. The summed E-state index contributed by atoms with van der Waals surface area (Å²) in [4.78, 5) is 11.1. The summed E-state index contributed by atoms with van der Waals surface area (Å²) >= 11 is 0. The van der Waals surface area contributed by atoms with Crippen LogP contribution in [0.25, 0.3) is 0 Å². The van der Waals surface area contributed by atoms with Crippen molar-refractivity contribution in [2.75, 3.05) is 19.5 Å². The minimum atomic E-state index is -0.358. The van der Waals surface area contributed by atoms with E-state index in [1.165, 1.54) is 7.11 Å². The van der Waals surface area contributed by atoms with E-state index in [0.717, 1.165) is 11.4 Å². The van der Waals surface area contributed by atoms with Gasteiger partial charge < -0.3 is 14.8 Å². The van der Waals surface area contributed by atoms with Gasteiger partial charge in [-0.15, -0.1) is 0 Å². The van der Waals surface area contributed by atoms with Gasteiger partial charge in [0.05, 0.1) is 14.2 Å². The number of anilines is 1. The molecule has 0 radical (unpaired) electrons. The van der Waals surface area contributed by atoms with Crippen molar-refractivity contribution in [3.8, 4) is 5.75 Å². The number of hydrogen-bond acceptors (Lipinski definition) is 4. The minimum Gasteiger partial charge on any atom is -0.497 e. The standard InChI is InChI=1S/C11H15NO3/c1-8(11(13)15-3)12-9-4-6-10(14-2)7-5-9/h4-8,12H,1-3H3/t8-/m1/s1. The third kappa shape index (κ3) is 3.16. The Hall–Kier alpha value is -1.71. The molecule has 15 heavy (non-hydrogen) atoms. The Bertz CT molecular complexity index is 321. The monoisotopic (exact) mass is 209 g/mol. The molecule has 1 rings (SSSR count). The van der Waals surface area contributed by atoms with Crippen molar-refractivity contribution in [1.82, 2.24) is 0 Å². The molecule has 0 aliphatic heterocycles. The molecule has 0 heterocycles. The van der Waals surface area contributed by atoms with Gasteiger partial charge in [0.2, 0.25) is 0 Å². The average Bonchev–Trinajstić information content (AvgIpc) is 2.29. The molecule has 0 aliphatic rings. The maximum Gasteiger partial charge on any atom is 0.327 e. The highest BCUT2D eigenvalue weighted by Crippen LogP contribution is 2.15. The first kappa shape index (κ1) is 11.4. The van der Waals surface area contributed by atoms with Gasteiger partial charge in [0.15, 0.2) is 0 Å². The van der Waals surface area contributed by atoms with Crippen molar-refractivity contribution in [1.29, 1.82) is 0 Å². The zero-order valence-corrected chi connectivity index (χ0v) is 9.11. The maximum atomic E-state index is 11.1. The molecule has 0 saturated carbocycles. The highest BCUT2D eigenvalue weighted by Gasteiger charge is 2.11. The molecule has 0 aliphatic carbocycles. The average molecular weight is 209 g/mol. The highest BCUT2D eigenvalue weighted by atomic mass is 16.5. The van der Waals surface area contributed by atoms with Gasteiger partial charge in [0.25, 0.3) is 0 Å². The second-order valence-corrected chi connectivity index (χ2v) is 3.12. The molecule has 1 aromatic carbocycles. The molecule has 1 atom stereocenters. The van der Waals surface area contributed by atoms with Crippen LogP contribution in [0, 0.1) is 0 Å². The third-order valence-corrected chi connectivity index (χ3v) is 2.03. The van der Waals surface area contributed by atoms with Crippen LogP contribution in [0.1, 0.15) is 6.92 Å². The first-order chi connectivity index (χ1) is 7.17. The fraction of sp³-hybridized carbons (Fsp3) is 0.364. The highest BCUT2D eigenvalue weighted by molar-refractivity contribution is 5.78. The van der Waals surface area contributed by atoms with E-state index in [2.05, 4.69) is 10.1 Å². The van der Waals surface area contributed by atoms with Gasteiger partial charge in [0.1, 0.15) is 11.8 Å². The summed E-state index contributed by atoms with van der Waals surface area (Å²) in [6, 6.07) is 6.98. The molecule has 0 unspecified atom stereocenters. The lowest BCUT2D eigenvalue weighted by atomic mass is 10.2. The summed E-state index contributed by atoms with van der Waals surface area (Å²) in [5.74, 6) is 0.497. The molecule has 0 amide bonds. The summed E-state index contributed by atoms with van der Waals surface area (Å²) in [7, 11) is 2.98. The number of rotatable bonds is 4. The zero-order chi connectivity index (χ0) is 11.3. The molecule has 4 heteroatoms. The molecule has 0 fully saturated rings. The van der Waals surface area contributed by atoms with E-state index in [4.69, 9.17) is 4.74 Å². The molecular formula is C11H15NO3. The van der Waals surface area contributed by atoms with Crippen LogP contribution in [-0.4, -0.2) is 26.2 Å². The Morgan fingerprint density at radius 1 is 1.27 bits per heavy atom. The van der Waals surface area contributed by atoms with Crippen LogP contribution in [0.3, 0.4) is 0 Å². The predicted octanol–water partition coefficient (Wildman–Crippen LogP) is 1.67. The molecule has 0 spiro atoms. The number of ether oxygens (including phenoxy) is 2. The quantitative estimate of drug-likeness (QED) is 0.766. The molecule has 0 aromatic heterocycles. The second kappa shape index (κ2) is 5.24. The van der Waals surface area contributed by atoms with Crippen molar-refractivity contribution >= 4 is 11.7 Å². The number of carbonyl (C=O) groups is 1. The van der Waals surface area contributed by atoms with Gasteiger partial charge >= 0.3 is 5.97 Å². The zero-order valence-electron chi connectivity index (χ0n) is 9.11. The Morgan fingerprint density at radius 2 is 1.87 bits per heavy atom. The van der Waals surface area contributed by atoms with Crippen LogP contribution in [0.4, 0.5) is 5.69 Å². The SMILES string of the molecule is COC(=O)[C@@H](C)Nc1ccc(OC)cc1. The summed E-state index contributed by atoms with van der Waals surface area (Å²) in [5.41, 5.74) is 0.855. The molecule has 82 valence electrons. The molecular weight excluding hydrogens is 194 g/mol. The lowest BCUT2D eigenvalue weighted by Crippen LogP contribution is -2.27. The number of benzene rings is 1. The van der Waals surface area contributed by atoms with Gasteiger partial charge in [0, 0.05) is 5.69 Å². The van der Waals surface area contributed by atoms with Crippen LogP contribution >= 0.6 is 0 Å². The third-order valence-electron chi connectivity index (χ3n) is 2.03. The number of carbonyl (C=O) groups excluding carboxylic acids is 1. The molecule has 1 aromatic rings. The van der Waals surface area contributed by atoms with Gasteiger partial charge in [-0.2, -0.15) is 0 Å². The topological polar surface area (TPSA) is 47.6 Å². The molecule has 0 bridgehead atoms. The van der Waals surface area contributed by atoms with Gasteiger partial charge in [-0.3, -0.25) is 0 Å². The Labute approximate surface area is 89.2 Å². The van der Waals surface area contributed by atoms with Crippen molar-refractivity contribution in [3.63, 3.8) is 0 Å². The lowest BCUT2D eigenvalue weighted by molar-refractivity contribution is -0.141. The van der Waals surface area contributed by atoms with Crippen molar-refractivity contribution in [2.45, 2.75) is 13.0 Å². The molecule has 1 N–H and O–H groups in total. The number of nitrogens with one attached hydrogen (secondary N) is 1. The van der Waals surface area contributed by atoms with Crippen LogP contribution in [0.2, 0.25) is 0 Å². The predicted molar refractivity (Wildman–Crippen MR) is 58.1 cm³/mol. The largest absolute Gasteiger partial charge is 0.497 e. The fourth-order valence-corrected chi connectivity index (χ4v) is 1.17. The van der Waals surface area contributed by atoms with Crippen molar-refractivity contribution < 1.29 is 14.3 Å². The maximum absolute atomic E-state index is 11.1. The summed E-state index contributed by atoms with van der Waals surface area (Å²) in [5, 5.41) is 3.01.